The van der Waals surface area contributed by atoms with Crippen molar-refractivity contribution in [2.45, 2.75) is 37.5 Å². The minimum Gasteiger partial charge on any atom is -0.341 e. The summed E-state index contributed by atoms with van der Waals surface area (Å²) in [6.45, 7) is 1.92. The SMILES string of the molecule is NCC1CC(=O)N(CC2(c3ccccc3F)CCCC2)C1. The zero-order chi connectivity index (χ0) is 14.9. The normalized spacial score (nSPS) is 24.8. The summed E-state index contributed by atoms with van der Waals surface area (Å²) in [6.07, 6.45) is 4.69. The third kappa shape index (κ3) is 2.69. The summed E-state index contributed by atoms with van der Waals surface area (Å²) in [5.74, 6) is 0.297. The fourth-order valence-electron chi connectivity index (χ4n) is 3.99. The Morgan fingerprint density at radius 1 is 1.29 bits per heavy atom. The van der Waals surface area contributed by atoms with Gasteiger partial charge in [0.15, 0.2) is 0 Å². The maximum Gasteiger partial charge on any atom is 0.223 e. The van der Waals surface area contributed by atoms with Gasteiger partial charge in [-0.25, -0.2) is 4.39 Å². The van der Waals surface area contributed by atoms with Gasteiger partial charge in [0, 0.05) is 24.9 Å². The largest absolute Gasteiger partial charge is 0.341 e. The molecule has 1 aliphatic carbocycles. The second-order valence-electron chi connectivity index (χ2n) is 6.55. The van der Waals surface area contributed by atoms with Crippen LogP contribution in [0.2, 0.25) is 0 Å². The van der Waals surface area contributed by atoms with Gasteiger partial charge in [0.2, 0.25) is 5.91 Å². The van der Waals surface area contributed by atoms with Gasteiger partial charge in [-0.05, 0) is 36.9 Å². The van der Waals surface area contributed by atoms with Crippen molar-refractivity contribution < 1.29 is 9.18 Å². The number of hydrogen-bond acceptors (Lipinski definition) is 2. The van der Waals surface area contributed by atoms with Crippen LogP contribution in [-0.2, 0) is 10.2 Å². The summed E-state index contributed by atoms with van der Waals surface area (Å²) in [5.41, 5.74) is 6.28. The van der Waals surface area contributed by atoms with E-state index in [2.05, 4.69) is 0 Å². The van der Waals surface area contributed by atoms with Crippen LogP contribution in [0, 0.1) is 11.7 Å². The molecule has 0 bridgehead atoms. The minimum atomic E-state index is -0.204. The lowest BCUT2D eigenvalue weighted by Crippen LogP contribution is -2.41. The van der Waals surface area contributed by atoms with Gasteiger partial charge in [0.1, 0.15) is 5.82 Å². The van der Waals surface area contributed by atoms with E-state index in [1.54, 1.807) is 6.07 Å². The first-order valence-electron chi connectivity index (χ1n) is 7.87. The molecular formula is C17H23FN2O. The molecule has 0 spiro atoms. The second kappa shape index (κ2) is 5.76. The molecule has 1 atom stereocenters. The van der Waals surface area contributed by atoms with E-state index in [0.29, 0.717) is 19.5 Å². The maximum atomic E-state index is 14.3. The molecule has 1 saturated heterocycles. The zero-order valence-electron chi connectivity index (χ0n) is 12.4. The van der Waals surface area contributed by atoms with E-state index in [0.717, 1.165) is 37.8 Å². The molecule has 1 aromatic rings. The van der Waals surface area contributed by atoms with Crippen molar-refractivity contribution in [3.8, 4) is 0 Å². The number of likely N-dealkylation sites (tertiary alicyclic amines) is 1. The average molecular weight is 290 g/mol. The highest BCUT2D eigenvalue weighted by Gasteiger charge is 2.42. The van der Waals surface area contributed by atoms with Gasteiger partial charge >= 0.3 is 0 Å². The average Bonchev–Trinajstić information content (AvgIpc) is 3.08. The van der Waals surface area contributed by atoms with Crippen LogP contribution < -0.4 is 5.73 Å². The summed E-state index contributed by atoms with van der Waals surface area (Å²) >= 11 is 0. The maximum absolute atomic E-state index is 14.3. The quantitative estimate of drug-likeness (QED) is 0.926. The molecule has 0 aromatic heterocycles. The molecule has 1 unspecified atom stereocenters. The number of carbonyl (C=O) groups is 1. The van der Waals surface area contributed by atoms with Crippen LogP contribution in [0.5, 0.6) is 0 Å². The number of hydrogen-bond donors (Lipinski definition) is 1. The minimum absolute atomic E-state index is 0.138. The summed E-state index contributed by atoms with van der Waals surface area (Å²) in [4.78, 5) is 14.1. The fraction of sp³-hybridized carbons (Fsp3) is 0.588. The monoisotopic (exact) mass is 290 g/mol. The van der Waals surface area contributed by atoms with Gasteiger partial charge in [0.05, 0.1) is 0 Å². The number of benzene rings is 1. The number of nitrogens with zero attached hydrogens (tertiary/aromatic N) is 1. The first kappa shape index (κ1) is 14.5. The van der Waals surface area contributed by atoms with Crippen molar-refractivity contribution in [1.29, 1.82) is 0 Å². The summed E-state index contributed by atoms with van der Waals surface area (Å²) in [5, 5.41) is 0. The molecule has 1 aromatic carbocycles. The van der Waals surface area contributed by atoms with Crippen molar-refractivity contribution in [3.05, 3.63) is 35.6 Å². The van der Waals surface area contributed by atoms with Crippen LogP contribution in [0.15, 0.2) is 24.3 Å². The highest BCUT2D eigenvalue weighted by atomic mass is 19.1. The molecule has 4 heteroatoms. The van der Waals surface area contributed by atoms with Crippen molar-refractivity contribution in [2.75, 3.05) is 19.6 Å². The Hall–Kier alpha value is -1.42. The van der Waals surface area contributed by atoms with Crippen LogP contribution in [0.4, 0.5) is 4.39 Å². The lowest BCUT2D eigenvalue weighted by molar-refractivity contribution is -0.128. The Morgan fingerprint density at radius 3 is 2.62 bits per heavy atom. The van der Waals surface area contributed by atoms with E-state index in [-0.39, 0.29) is 23.1 Å². The van der Waals surface area contributed by atoms with Gasteiger partial charge in [0.25, 0.3) is 0 Å². The molecule has 1 saturated carbocycles. The molecule has 1 amide bonds. The summed E-state index contributed by atoms with van der Waals surface area (Å²) in [7, 11) is 0. The van der Waals surface area contributed by atoms with E-state index in [9.17, 15) is 9.18 Å². The zero-order valence-corrected chi connectivity index (χ0v) is 12.4. The van der Waals surface area contributed by atoms with Crippen LogP contribution in [0.25, 0.3) is 0 Å². The van der Waals surface area contributed by atoms with Gasteiger partial charge in [-0.15, -0.1) is 0 Å². The first-order chi connectivity index (χ1) is 10.1. The first-order valence-corrected chi connectivity index (χ1v) is 7.87. The Balaban J connectivity index is 1.86. The van der Waals surface area contributed by atoms with Crippen molar-refractivity contribution in [3.63, 3.8) is 0 Å². The highest BCUT2D eigenvalue weighted by molar-refractivity contribution is 5.78. The van der Waals surface area contributed by atoms with Crippen molar-refractivity contribution in [1.82, 2.24) is 4.90 Å². The lowest BCUT2D eigenvalue weighted by Gasteiger charge is -2.34. The summed E-state index contributed by atoms with van der Waals surface area (Å²) in [6, 6.07) is 7.05. The summed E-state index contributed by atoms with van der Waals surface area (Å²) < 4.78 is 14.3. The standard InChI is InChI=1S/C17H23FN2O/c18-15-6-2-1-5-14(15)17(7-3-4-8-17)12-20-11-13(10-19)9-16(20)21/h1-2,5-6,13H,3-4,7-12,19H2. The third-order valence-electron chi connectivity index (χ3n) is 5.13. The Bertz CT molecular complexity index is 525. The number of carbonyl (C=O) groups excluding carboxylic acids is 1. The van der Waals surface area contributed by atoms with E-state index in [4.69, 9.17) is 5.73 Å². The highest BCUT2D eigenvalue weighted by Crippen LogP contribution is 2.43. The number of halogens is 1. The predicted octanol–water partition coefficient (Wildman–Crippen LogP) is 2.44. The van der Waals surface area contributed by atoms with E-state index in [1.165, 1.54) is 6.07 Å². The number of rotatable bonds is 4. The van der Waals surface area contributed by atoms with Crippen molar-refractivity contribution in [2.24, 2.45) is 11.7 Å². The molecule has 3 nitrogen and oxygen atoms in total. The van der Waals surface area contributed by atoms with E-state index >= 15 is 0 Å². The second-order valence-corrected chi connectivity index (χ2v) is 6.55. The number of nitrogens with two attached hydrogens (primary N) is 1. The van der Waals surface area contributed by atoms with E-state index < -0.39 is 0 Å². The molecule has 114 valence electrons. The van der Waals surface area contributed by atoms with Crippen LogP contribution in [-0.4, -0.2) is 30.4 Å². The van der Waals surface area contributed by atoms with Gasteiger partial charge < -0.3 is 10.6 Å². The predicted molar refractivity (Wildman–Crippen MR) is 80.3 cm³/mol. The molecule has 21 heavy (non-hydrogen) atoms. The van der Waals surface area contributed by atoms with Gasteiger partial charge in [-0.3, -0.25) is 4.79 Å². The molecule has 2 aliphatic rings. The molecule has 0 radical (unpaired) electrons. The smallest absolute Gasteiger partial charge is 0.223 e. The fourth-order valence-corrected chi connectivity index (χ4v) is 3.99. The van der Waals surface area contributed by atoms with E-state index in [1.807, 2.05) is 17.0 Å². The van der Waals surface area contributed by atoms with Crippen LogP contribution in [0.3, 0.4) is 0 Å². The molecule has 3 rings (SSSR count). The molecule has 1 aliphatic heterocycles. The number of amides is 1. The van der Waals surface area contributed by atoms with Gasteiger partial charge in [-0.2, -0.15) is 0 Å². The molecule has 2 N–H and O–H groups in total. The van der Waals surface area contributed by atoms with Crippen LogP contribution in [0.1, 0.15) is 37.7 Å². The Kier molecular flexibility index (Phi) is 3.98. The van der Waals surface area contributed by atoms with Crippen molar-refractivity contribution >= 4 is 5.91 Å². The Morgan fingerprint density at radius 2 is 2.00 bits per heavy atom. The lowest BCUT2D eigenvalue weighted by atomic mass is 9.78. The molecule has 1 heterocycles. The third-order valence-corrected chi connectivity index (χ3v) is 5.13. The molecule has 2 fully saturated rings. The van der Waals surface area contributed by atoms with Gasteiger partial charge in [-0.1, -0.05) is 31.0 Å². The molecular weight excluding hydrogens is 267 g/mol. The van der Waals surface area contributed by atoms with Crippen LogP contribution >= 0.6 is 0 Å². The topological polar surface area (TPSA) is 46.3 Å². The Labute approximate surface area is 125 Å².